The van der Waals surface area contributed by atoms with Crippen LogP contribution in [0.1, 0.15) is 37.8 Å². The van der Waals surface area contributed by atoms with E-state index in [9.17, 15) is 4.79 Å². The van der Waals surface area contributed by atoms with Crippen molar-refractivity contribution in [1.29, 1.82) is 0 Å². The number of carbonyl (C=O) groups excluding carboxylic acids is 1. The molecule has 24 heavy (non-hydrogen) atoms. The molecule has 0 atom stereocenters. The molecule has 2 heterocycles. The molecule has 2 amide bonds. The largest absolute Gasteiger partial charge is 0.376 e. The summed E-state index contributed by atoms with van der Waals surface area (Å²) in [6.07, 6.45) is 6.66. The van der Waals surface area contributed by atoms with Crippen LogP contribution in [0.3, 0.4) is 0 Å². The number of nitrogens with zero attached hydrogens (tertiary/aromatic N) is 3. The van der Waals surface area contributed by atoms with Gasteiger partial charge in [-0.25, -0.2) is 9.78 Å². The first-order valence-corrected chi connectivity index (χ1v) is 9.99. The lowest BCUT2D eigenvalue weighted by Gasteiger charge is -2.34. The Morgan fingerprint density at radius 2 is 2.04 bits per heavy atom. The number of thiazole rings is 1. The minimum Gasteiger partial charge on any atom is -0.376 e. The second kappa shape index (κ2) is 9.34. The normalized spacial score (nSPS) is 20.2. The van der Waals surface area contributed by atoms with Crippen LogP contribution in [-0.2, 0) is 11.3 Å². The summed E-state index contributed by atoms with van der Waals surface area (Å²) in [6.45, 7) is 5.48. The van der Waals surface area contributed by atoms with Crippen molar-refractivity contribution < 1.29 is 9.53 Å². The Morgan fingerprint density at radius 1 is 1.25 bits per heavy atom. The molecule has 1 N–H and O–H groups in total. The topological polar surface area (TPSA) is 57.7 Å². The van der Waals surface area contributed by atoms with Crippen LogP contribution in [0, 0.1) is 0 Å². The minimum atomic E-state index is 0.0375. The molecule has 1 aromatic rings. The van der Waals surface area contributed by atoms with Gasteiger partial charge in [0.2, 0.25) is 0 Å². The van der Waals surface area contributed by atoms with Gasteiger partial charge in [0.05, 0.1) is 23.9 Å². The Balaban J connectivity index is 1.27. The number of ether oxygens (including phenoxy) is 1. The van der Waals surface area contributed by atoms with Crippen molar-refractivity contribution in [2.75, 3.05) is 39.3 Å². The van der Waals surface area contributed by atoms with Crippen molar-refractivity contribution >= 4 is 17.4 Å². The molecule has 7 heteroatoms. The average Bonchev–Trinajstić information content (AvgIpc) is 3.13. The zero-order valence-electron chi connectivity index (χ0n) is 14.3. The first-order chi connectivity index (χ1) is 11.8. The van der Waals surface area contributed by atoms with Crippen LogP contribution in [0.25, 0.3) is 0 Å². The van der Waals surface area contributed by atoms with Crippen molar-refractivity contribution in [2.45, 2.75) is 44.8 Å². The van der Waals surface area contributed by atoms with Gasteiger partial charge in [-0.3, -0.25) is 4.90 Å². The standard InChI is InChI=1S/C17H28N4O2S/c22-17(18-6-11-23-16-4-2-1-3-5-16)21-9-7-20(8-10-21)12-15-13-24-14-19-15/h13-14,16H,1-12H2,(H,18,22). The van der Waals surface area contributed by atoms with Gasteiger partial charge in [0.15, 0.2) is 0 Å². The lowest BCUT2D eigenvalue weighted by atomic mass is 9.98. The molecule has 0 aromatic carbocycles. The van der Waals surface area contributed by atoms with E-state index in [1.54, 1.807) is 11.3 Å². The number of piperazine rings is 1. The van der Waals surface area contributed by atoms with E-state index < -0.39 is 0 Å². The third-order valence-electron chi connectivity index (χ3n) is 4.81. The number of nitrogens with one attached hydrogen (secondary N) is 1. The molecule has 1 aliphatic heterocycles. The van der Waals surface area contributed by atoms with E-state index in [1.165, 1.54) is 32.1 Å². The molecule has 1 aromatic heterocycles. The third-order valence-corrected chi connectivity index (χ3v) is 5.45. The molecule has 2 aliphatic rings. The lowest BCUT2D eigenvalue weighted by Crippen LogP contribution is -2.51. The molecule has 1 saturated heterocycles. The molecule has 3 rings (SSSR count). The predicted octanol–water partition coefficient (Wildman–Crippen LogP) is 2.32. The Kier molecular flexibility index (Phi) is 6.86. The van der Waals surface area contributed by atoms with Gasteiger partial charge in [-0.15, -0.1) is 11.3 Å². The lowest BCUT2D eigenvalue weighted by molar-refractivity contribution is 0.0304. The van der Waals surface area contributed by atoms with Crippen molar-refractivity contribution in [3.8, 4) is 0 Å². The summed E-state index contributed by atoms with van der Waals surface area (Å²) in [5, 5.41) is 5.07. The van der Waals surface area contributed by atoms with Gasteiger partial charge in [0.1, 0.15) is 0 Å². The molecular weight excluding hydrogens is 324 g/mol. The molecule has 0 bridgehead atoms. The van der Waals surface area contributed by atoms with Gasteiger partial charge in [-0.05, 0) is 12.8 Å². The smallest absolute Gasteiger partial charge is 0.317 e. The number of aromatic nitrogens is 1. The summed E-state index contributed by atoms with van der Waals surface area (Å²) in [4.78, 5) is 20.8. The van der Waals surface area contributed by atoms with Crippen molar-refractivity contribution in [3.63, 3.8) is 0 Å². The number of urea groups is 1. The summed E-state index contributed by atoms with van der Waals surface area (Å²) < 4.78 is 5.85. The molecule has 6 nitrogen and oxygen atoms in total. The third kappa shape index (κ3) is 5.43. The van der Waals surface area contributed by atoms with E-state index in [2.05, 4.69) is 20.6 Å². The second-order valence-electron chi connectivity index (χ2n) is 6.61. The maximum absolute atomic E-state index is 12.2. The van der Waals surface area contributed by atoms with E-state index in [-0.39, 0.29) is 6.03 Å². The molecule has 0 spiro atoms. The number of hydrogen-bond donors (Lipinski definition) is 1. The number of hydrogen-bond acceptors (Lipinski definition) is 5. The van der Waals surface area contributed by atoms with Gasteiger partial charge in [0, 0.05) is 44.6 Å². The fraction of sp³-hybridized carbons (Fsp3) is 0.765. The number of amides is 2. The van der Waals surface area contributed by atoms with Crippen LogP contribution in [0.5, 0.6) is 0 Å². The van der Waals surface area contributed by atoms with E-state index in [0.717, 1.165) is 38.4 Å². The minimum absolute atomic E-state index is 0.0375. The van der Waals surface area contributed by atoms with Crippen molar-refractivity contribution in [2.24, 2.45) is 0 Å². The maximum Gasteiger partial charge on any atom is 0.317 e. The zero-order chi connectivity index (χ0) is 16.6. The summed E-state index contributed by atoms with van der Waals surface area (Å²) in [6, 6.07) is 0.0375. The quantitative estimate of drug-likeness (QED) is 0.798. The highest BCUT2D eigenvalue weighted by atomic mass is 32.1. The highest BCUT2D eigenvalue weighted by Crippen LogP contribution is 2.19. The van der Waals surface area contributed by atoms with Gasteiger partial charge < -0.3 is 15.0 Å². The summed E-state index contributed by atoms with van der Waals surface area (Å²) in [7, 11) is 0. The molecule has 134 valence electrons. The van der Waals surface area contributed by atoms with Gasteiger partial charge in [-0.2, -0.15) is 0 Å². The molecule has 2 fully saturated rings. The molecule has 0 unspecified atom stereocenters. The Morgan fingerprint density at radius 3 is 2.75 bits per heavy atom. The van der Waals surface area contributed by atoms with Crippen molar-refractivity contribution in [3.05, 3.63) is 16.6 Å². The van der Waals surface area contributed by atoms with E-state index in [1.807, 2.05) is 10.4 Å². The highest BCUT2D eigenvalue weighted by Gasteiger charge is 2.21. The fourth-order valence-corrected chi connectivity index (χ4v) is 3.93. The zero-order valence-corrected chi connectivity index (χ0v) is 15.1. The Hall–Kier alpha value is -1.18. The van der Waals surface area contributed by atoms with Gasteiger partial charge in [0.25, 0.3) is 0 Å². The van der Waals surface area contributed by atoms with Crippen LogP contribution in [0.4, 0.5) is 4.79 Å². The highest BCUT2D eigenvalue weighted by molar-refractivity contribution is 7.07. The van der Waals surface area contributed by atoms with Crippen molar-refractivity contribution in [1.82, 2.24) is 20.1 Å². The SMILES string of the molecule is O=C(NCCOC1CCCCC1)N1CCN(Cc2cscn2)CC1. The van der Waals surface area contributed by atoms with Crippen LogP contribution < -0.4 is 5.32 Å². The van der Waals surface area contributed by atoms with Crippen LogP contribution in [0.2, 0.25) is 0 Å². The molecular formula is C17H28N4O2S. The fourth-order valence-electron chi connectivity index (χ4n) is 3.38. The van der Waals surface area contributed by atoms with E-state index >= 15 is 0 Å². The average molecular weight is 353 g/mol. The van der Waals surface area contributed by atoms with Crippen LogP contribution >= 0.6 is 11.3 Å². The molecule has 1 saturated carbocycles. The van der Waals surface area contributed by atoms with Crippen LogP contribution in [-0.4, -0.2) is 66.2 Å². The second-order valence-corrected chi connectivity index (χ2v) is 7.32. The Bertz CT molecular complexity index is 483. The van der Waals surface area contributed by atoms with Gasteiger partial charge in [-0.1, -0.05) is 19.3 Å². The summed E-state index contributed by atoms with van der Waals surface area (Å²) >= 11 is 1.63. The monoisotopic (exact) mass is 352 g/mol. The molecule has 1 aliphatic carbocycles. The first kappa shape index (κ1) is 17.6. The predicted molar refractivity (Wildman–Crippen MR) is 95.2 cm³/mol. The van der Waals surface area contributed by atoms with E-state index in [4.69, 9.17) is 4.74 Å². The summed E-state index contributed by atoms with van der Waals surface area (Å²) in [5.74, 6) is 0. The number of rotatable bonds is 6. The number of carbonyl (C=O) groups is 1. The van der Waals surface area contributed by atoms with Gasteiger partial charge >= 0.3 is 6.03 Å². The first-order valence-electron chi connectivity index (χ1n) is 9.05. The Labute approximate surface area is 148 Å². The van der Waals surface area contributed by atoms with E-state index in [0.29, 0.717) is 19.3 Å². The van der Waals surface area contributed by atoms with Crippen LogP contribution in [0.15, 0.2) is 10.9 Å². The molecule has 0 radical (unpaired) electrons. The summed E-state index contributed by atoms with van der Waals surface area (Å²) in [5.41, 5.74) is 2.99. The maximum atomic E-state index is 12.2.